The summed E-state index contributed by atoms with van der Waals surface area (Å²) in [6.07, 6.45) is 0. The molecule has 0 saturated heterocycles. The first-order chi connectivity index (χ1) is 6.24. The Labute approximate surface area is 92.8 Å². The molecule has 0 atom stereocenters. The molecule has 0 aliphatic rings. The van der Waals surface area contributed by atoms with E-state index in [-0.39, 0.29) is 0 Å². The Morgan fingerprint density at radius 3 is 1.62 bits per heavy atom. The van der Waals surface area contributed by atoms with Gasteiger partial charge in [0, 0.05) is 0 Å². The van der Waals surface area contributed by atoms with Gasteiger partial charge in [0.05, 0.1) is 0 Å². The molecule has 0 aliphatic heterocycles. The van der Waals surface area contributed by atoms with Crippen LogP contribution >= 0.6 is 22.7 Å². The Kier molecular flexibility index (Phi) is 2.89. The van der Waals surface area contributed by atoms with Crippen LogP contribution < -0.4 is 7.55 Å². The summed E-state index contributed by atoms with van der Waals surface area (Å²) in [6, 6.07) is 8.94. The summed E-state index contributed by atoms with van der Waals surface area (Å²) in [6.45, 7) is 4.34. The molecule has 2 heterocycles. The molecule has 13 heavy (non-hydrogen) atoms. The SMILES string of the molecule is Cc1ccc([Se]c2ccc(C)s2)s1. The number of thiophene rings is 2. The van der Waals surface area contributed by atoms with Crippen LogP contribution in [0, 0.1) is 13.8 Å². The first kappa shape index (κ1) is 9.47. The first-order valence-corrected chi connectivity index (χ1v) is 7.39. The van der Waals surface area contributed by atoms with Crippen molar-refractivity contribution in [2.75, 3.05) is 0 Å². The summed E-state index contributed by atoms with van der Waals surface area (Å²) in [5.74, 6) is 0. The zero-order valence-corrected chi connectivity index (χ0v) is 10.9. The van der Waals surface area contributed by atoms with E-state index in [0.717, 1.165) is 0 Å². The van der Waals surface area contributed by atoms with E-state index in [0.29, 0.717) is 15.0 Å². The van der Waals surface area contributed by atoms with Gasteiger partial charge in [0.2, 0.25) is 0 Å². The normalized spacial score (nSPS) is 10.6. The maximum absolute atomic E-state index is 2.26. The van der Waals surface area contributed by atoms with Gasteiger partial charge in [-0.3, -0.25) is 0 Å². The second kappa shape index (κ2) is 3.97. The van der Waals surface area contributed by atoms with E-state index in [1.807, 2.05) is 22.7 Å². The summed E-state index contributed by atoms with van der Waals surface area (Å²) in [7, 11) is 0. The Morgan fingerprint density at radius 2 is 1.31 bits per heavy atom. The summed E-state index contributed by atoms with van der Waals surface area (Å²) in [4.78, 5) is 2.84. The number of aryl methyl sites for hydroxylation is 2. The monoisotopic (exact) mass is 274 g/mol. The Hall–Kier alpha value is -0.0805. The van der Waals surface area contributed by atoms with Crippen molar-refractivity contribution in [2.45, 2.75) is 13.8 Å². The van der Waals surface area contributed by atoms with Gasteiger partial charge in [0.25, 0.3) is 0 Å². The molecule has 0 radical (unpaired) electrons. The first-order valence-electron chi connectivity index (χ1n) is 4.05. The van der Waals surface area contributed by atoms with Crippen molar-refractivity contribution < 1.29 is 0 Å². The van der Waals surface area contributed by atoms with Gasteiger partial charge < -0.3 is 0 Å². The van der Waals surface area contributed by atoms with E-state index in [4.69, 9.17) is 0 Å². The second-order valence-corrected chi connectivity index (χ2v) is 8.85. The van der Waals surface area contributed by atoms with E-state index in [9.17, 15) is 0 Å². The molecule has 3 heteroatoms. The van der Waals surface area contributed by atoms with Crippen molar-refractivity contribution in [1.82, 2.24) is 0 Å². The van der Waals surface area contributed by atoms with Crippen LogP contribution in [0.5, 0.6) is 0 Å². The molecular formula is C10H10S2Se. The van der Waals surface area contributed by atoms with Gasteiger partial charge in [-0.05, 0) is 0 Å². The molecule has 0 spiro atoms. The van der Waals surface area contributed by atoms with Gasteiger partial charge in [-0.1, -0.05) is 0 Å². The van der Waals surface area contributed by atoms with Crippen LogP contribution in [0.1, 0.15) is 9.75 Å². The van der Waals surface area contributed by atoms with Gasteiger partial charge in [-0.15, -0.1) is 0 Å². The Bertz CT molecular complexity index is 362. The van der Waals surface area contributed by atoms with Crippen molar-refractivity contribution >= 4 is 45.2 Å². The summed E-state index contributed by atoms with van der Waals surface area (Å²) in [5, 5.41) is 0. The molecule has 0 nitrogen and oxygen atoms in total. The number of hydrogen-bond acceptors (Lipinski definition) is 2. The van der Waals surface area contributed by atoms with Crippen LogP contribution in [0.3, 0.4) is 0 Å². The quantitative estimate of drug-likeness (QED) is 0.735. The summed E-state index contributed by atoms with van der Waals surface area (Å²) in [5.41, 5.74) is 0. The summed E-state index contributed by atoms with van der Waals surface area (Å²) < 4.78 is 3.07. The average Bonchev–Trinajstić information content (AvgIpc) is 2.62. The van der Waals surface area contributed by atoms with Crippen LogP contribution in [0.25, 0.3) is 0 Å². The van der Waals surface area contributed by atoms with E-state index in [1.54, 1.807) is 0 Å². The van der Waals surface area contributed by atoms with Crippen molar-refractivity contribution in [3.8, 4) is 0 Å². The molecule has 0 fully saturated rings. The van der Waals surface area contributed by atoms with Gasteiger partial charge in [-0.2, -0.15) is 0 Å². The van der Waals surface area contributed by atoms with Crippen molar-refractivity contribution in [1.29, 1.82) is 0 Å². The van der Waals surface area contributed by atoms with Gasteiger partial charge >= 0.3 is 93.0 Å². The third-order valence-electron chi connectivity index (χ3n) is 1.63. The zero-order chi connectivity index (χ0) is 9.26. The molecule has 2 rings (SSSR count). The Balaban J connectivity index is 2.14. The molecule has 0 bridgehead atoms. The van der Waals surface area contributed by atoms with Crippen molar-refractivity contribution in [2.24, 2.45) is 0 Å². The second-order valence-electron chi connectivity index (χ2n) is 2.83. The molecule has 0 unspecified atom stereocenters. The van der Waals surface area contributed by atoms with E-state index < -0.39 is 0 Å². The van der Waals surface area contributed by atoms with Gasteiger partial charge in [0.15, 0.2) is 0 Å². The molecule has 2 aromatic heterocycles. The van der Waals surface area contributed by atoms with Crippen LogP contribution in [0.2, 0.25) is 0 Å². The molecule has 68 valence electrons. The standard InChI is InChI=1S/C10H10S2Se/c1-7-3-5-9(11-7)13-10-6-4-8(2)12-10/h3-6H,1-2H3. The maximum atomic E-state index is 2.26. The molecule has 0 aliphatic carbocycles. The predicted octanol–water partition coefficient (Wildman–Crippen LogP) is 2.08. The molecule has 2 aromatic rings. The topological polar surface area (TPSA) is 0 Å². The summed E-state index contributed by atoms with van der Waals surface area (Å²) >= 11 is 4.39. The molecule has 0 saturated carbocycles. The third-order valence-corrected chi connectivity index (χ3v) is 6.55. The van der Waals surface area contributed by atoms with Gasteiger partial charge in [0.1, 0.15) is 0 Å². The number of rotatable bonds is 2. The van der Waals surface area contributed by atoms with E-state index in [2.05, 4.69) is 38.1 Å². The van der Waals surface area contributed by atoms with Crippen LogP contribution in [-0.4, -0.2) is 15.0 Å². The molecule has 0 aromatic carbocycles. The zero-order valence-electron chi connectivity index (χ0n) is 7.53. The predicted molar refractivity (Wildman–Crippen MR) is 63.1 cm³/mol. The van der Waals surface area contributed by atoms with Crippen LogP contribution in [-0.2, 0) is 0 Å². The van der Waals surface area contributed by atoms with E-state index >= 15 is 0 Å². The fourth-order valence-corrected chi connectivity index (χ4v) is 6.67. The Morgan fingerprint density at radius 1 is 0.846 bits per heavy atom. The average molecular weight is 273 g/mol. The number of hydrogen-bond donors (Lipinski definition) is 0. The fourth-order valence-electron chi connectivity index (χ4n) is 1.03. The molecule has 0 amide bonds. The molecular weight excluding hydrogens is 263 g/mol. The van der Waals surface area contributed by atoms with Crippen LogP contribution in [0.4, 0.5) is 0 Å². The fraction of sp³-hybridized carbons (Fsp3) is 0.200. The van der Waals surface area contributed by atoms with Crippen molar-refractivity contribution in [3.05, 3.63) is 34.0 Å². The molecule has 0 N–H and O–H groups in total. The van der Waals surface area contributed by atoms with Gasteiger partial charge in [-0.25, -0.2) is 0 Å². The van der Waals surface area contributed by atoms with Crippen LogP contribution in [0.15, 0.2) is 24.3 Å². The van der Waals surface area contributed by atoms with E-state index in [1.165, 1.54) is 17.3 Å². The third kappa shape index (κ3) is 2.44. The minimum absolute atomic E-state index is 0.540. The van der Waals surface area contributed by atoms with Crippen molar-refractivity contribution in [3.63, 3.8) is 0 Å². The minimum atomic E-state index is 0.540.